The Bertz CT molecular complexity index is 428. The van der Waals surface area contributed by atoms with E-state index in [9.17, 15) is 4.79 Å². The lowest BCUT2D eigenvalue weighted by atomic mass is 9.83. The summed E-state index contributed by atoms with van der Waals surface area (Å²) in [7, 11) is 1.34. The van der Waals surface area contributed by atoms with Crippen LogP contribution in [0.25, 0.3) is 0 Å². The molecule has 1 heterocycles. The Morgan fingerprint density at radius 3 is 2.79 bits per heavy atom. The zero-order chi connectivity index (χ0) is 13.7. The average Bonchev–Trinajstić information content (AvgIpc) is 2.46. The molecule has 1 N–H and O–H groups in total. The summed E-state index contributed by atoms with van der Waals surface area (Å²) in [5.74, 6) is 1.74. The third kappa shape index (κ3) is 3.91. The molecule has 5 nitrogen and oxygen atoms in total. The van der Waals surface area contributed by atoms with E-state index >= 15 is 0 Å². The van der Waals surface area contributed by atoms with Gasteiger partial charge in [-0.15, -0.1) is 0 Å². The fourth-order valence-corrected chi connectivity index (χ4v) is 2.44. The van der Waals surface area contributed by atoms with Gasteiger partial charge in [0.1, 0.15) is 5.82 Å². The van der Waals surface area contributed by atoms with Crippen molar-refractivity contribution in [1.29, 1.82) is 0 Å². The van der Waals surface area contributed by atoms with Crippen molar-refractivity contribution in [3.63, 3.8) is 0 Å². The van der Waals surface area contributed by atoms with Gasteiger partial charge in [-0.05, 0) is 24.7 Å². The molecule has 0 unspecified atom stereocenters. The van der Waals surface area contributed by atoms with E-state index < -0.39 is 5.97 Å². The lowest BCUT2D eigenvalue weighted by Gasteiger charge is -2.26. The number of hydrogen-bond acceptors (Lipinski definition) is 5. The lowest BCUT2D eigenvalue weighted by Crippen LogP contribution is -2.21. The van der Waals surface area contributed by atoms with Gasteiger partial charge in [0.25, 0.3) is 0 Å². The summed E-state index contributed by atoms with van der Waals surface area (Å²) in [6.45, 7) is 3.21. The molecule has 1 aromatic heterocycles. The van der Waals surface area contributed by atoms with Gasteiger partial charge in [-0.3, -0.25) is 4.98 Å². The molecule has 2 rings (SSSR count). The van der Waals surface area contributed by atoms with Crippen LogP contribution >= 0.6 is 0 Å². The van der Waals surface area contributed by atoms with Crippen molar-refractivity contribution in [1.82, 2.24) is 9.97 Å². The topological polar surface area (TPSA) is 64.1 Å². The molecule has 1 aliphatic carbocycles. The molecule has 1 saturated carbocycles. The zero-order valence-corrected chi connectivity index (χ0v) is 11.6. The highest BCUT2D eigenvalue weighted by molar-refractivity contribution is 5.87. The molecule has 104 valence electrons. The maximum atomic E-state index is 11.4. The highest BCUT2D eigenvalue weighted by atomic mass is 16.5. The van der Waals surface area contributed by atoms with Crippen LogP contribution in [-0.2, 0) is 4.74 Å². The summed E-state index contributed by atoms with van der Waals surface area (Å²) < 4.78 is 4.63. The second-order valence-electron chi connectivity index (χ2n) is 5.29. The Kier molecular flexibility index (Phi) is 4.71. The number of esters is 1. The Morgan fingerprint density at radius 2 is 2.11 bits per heavy atom. The molecule has 0 saturated heterocycles. The van der Waals surface area contributed by atoms with Gasteiger partial charge in [0.2, 0.25) is 0 Å². The van der Waals surface area contributed by atoms with Crippen LogP contribution < -0.4 is 5.32 Å². The van der Waals surface area contributed by atoms with Crippen LogP contribution in [0.2, 0.25) is 0 Å². The van der Waals surface area contributed by atoms with Crippen molar-refractivity contribution in [2.75, 3.05) is 19.0 Å². The highest BCUT2D eigenvalue weighted by Gasteiger charge is 2.18. The quantitative estimate of drug-likeness (QED) is 0.845. The van der Waals surface area contributed by atoms with Crippen molar-refractivity contribution < 1.29 is 9.53 Å². The molecule has 0 amide bonds. The summed E-state index contributed by atoms with van der Waals surface area (Å²) in [4.78, 5) is 19.6. The monoisotopic (exact) mass is 263 g/mol. The second kappa shape index (κ2) is 6.50. The zero-order valence-electron chi connectivity index (χ0n) is 11.6. The van der Waals surface area contributed by atoms with Crippen LogP contribution in [0.5, 0.6) is 0 Å². The number of carbonyl (C=O) groups is 1. The van der Waals surface area contributed by atoms with Crippen LogP contribution in [-0.4, -0.2) is 29.6 Å². The van der Waals surface area contributed by atoms with Crippen molar-refractivity contribution in [3.8, 4) is 0 Å². The first-order chi connectivity index (χ1) is 9.19. The first-order valence-electron chi connectivity index (χ1n) is 6.83. The minimum absolute atomic E-state index is 0.241. The summed E-state index contributed by atoms with van der Waals surface area (Å²) in [5.41, 5.74) is 0.241. The molecular formula is C14H21N3O2. The molecule has 1 aromatic rings. The normalized spacial score (nSPS) is 22.8. The van der Waals surface area contributed by atoms with Gasteiger partial charge in [-0.2, -0.15) is 0 Å². The molecule has 0 spiro atoms. The standard InChI is InChI=1S/C14H21N3O2/c1-10-3-5-11(6-4-10)7-16-13-9-15-8-12(17-13)14(18)19-2/h8-11H,3-7H2,1-2H3,(H,16,17). The molecule has 19 heavy (non-hydrogen) atoms. The van der Waals surface area contributed by atoms with Crippen LogP contribution in [0.1, 0.15) is 43.1 Å². The fraction of sp³-hybridized carbons (Fsp3) is 0.643. The third-order valence-corrected chi connectivity index (χ3v) is 3.74. The Morgan fingerprint density at radius 1 is 1.37 bits per heavy atom. The summed E-state index contributed by atoms with van der Waals surface area (Å²) in [6, 6.07) is 0. The molecule has 0 aliphatic heterocycles. The number of ether oxygens (including phenoxy) is 1. The van der Waals surface area contributed by atoms with E-state index in [-0.39, 0.29) is 5.69 Å². The smallest absolute Gasteiger partial charge is 0.358 e. The third-order valence-electron chi connectivity index (χ3n) is 3.74. The number of aromatic nitrogens is 2. The van der Waals surface area contributed by atoms with Crippen LogP contribution in [0.3, 0.4) is 0 Å². The summed E-state index contributed by atoms with van der Waals surface area (Å²) >= 11 is 0. The number of carbonyl (C=O) groups excluding carboxylic acids is 1. The van der Waals surface area contributed by atoms with Gasteiger partial charge in [0, 0.05) is 6.54 Å². The molecular weight excluding hydrogens is 242 g/mol. The first kappa shape index (κ1) is 13.8. The van der Waals surface area contributed by atoms with Gasteiger partial charge in [-0.1, -0.05) is 19.8 Å². The van der Waals surface area contributed by atoms with Crippen LogP contribution in [0, 0.1) is 11.8 Å². The van der Waals surface area contributed by atoms with E-state index in [2.05, 4.69) is 26.9 Å². The lowest BCUT2D eigenvalue weighted by molar-refractivity contribution is 0.0593. The van der Waals surface area contributed by atoms with Gasteiger partial charge in [0.05, 0.1) is 19.5 Å². The number of anilines is 1. The maximum Gasteiger partial charge on any atom is 0.358 e. The van der Waals surface area contributed by atoms with E-state index in [1.807, 2.05) is 0 Å². The van der Waals surface area contributed by atoms with Crippen molar-refractivity contribution >= 4 is 11.8 Å². The predicted molar refractivity (Wildman–Crippen MR) is 73.0 cm³/mol. The number of nitrogens with zero attached hydrogens (tertiary/aromatic N) is 2. The number of nitrogens with one attached hydrogen (secondary N) is 1. The van der Waals surface area contributed by atoms with Crippen molar-refractivity contribution in [2.24, 2.45) is 11.8 Å². The number of rotatable bonds is 4. The van der Waals surface area contributed by atoms with E-state index in [4.69, 9.17) is 0 Å². The molecule has 0 bridgehead atoms. The van der Waals surface area contributed by atoms with E-state index in [0.717, 1.165) is 12.5 Å². The summed E-state index contributed by atoms with van der Waals surface area (Å²) in [5, 5.41) is 3.27. The molecule has 5 heteroatoms. The Labute approximate surface area is 113 Å². The van der Waals surface area contributed by atoms with E-state index in [0.29, 0.717) is 11.7 Å². The minimum atomic E-state index is -0.456. The maximum absolute atomic E-state index is 11.4. The van der Waals surface area contributed by atoms with Crippen LogP contribution in [0.4, 0.5) is 5.82 Å². The van der Waals surface area contributed by atoms with Gasteiger partial charge in [-0.25, -0.2) is 9.78 Å². The highest BCUT2D eigenvalue weighted by Crippen LogP contribution is 2.28. The second-order valence-corrected chi connectivity index (χ2v) is 5.29. The molecule has 0 aromatic carbocycles. The van der Waals surface area contributed by atoms with Gasteiger partial charge in [0.15, 0.2) is 5.69 Å². The molecule has 1 fully saturated rings. The Balaban J connectivity index is 1.87. The number of methoxy groups -OCH3 is 1. The molecule has 0 atom stereocenters. The average molecular weight is 263 g/mol. The first-order valence-corrected chi connectivity index (χ1v) is 6.83. The van der Waals surface area contributed by atoms with E-state index in [1.165, 1.54) is 39.0 Å². The van der Waals surface area contributed by atoms with Crippen molar-refractivity contribution in [3.05, 3.63) is 18.1 Å². The fourth-order valence-electron chi connectivity index (χ4n) is 2.44. The molecule has 0 radical (unpaired) electrons. The minimum Gasteiger partial charge on any atom is -0.464 e. The van der Waals surface area contributed by atoms with Crippen LogP contribution in [0.15, 0.2) is 12.4 Å². The molecule has 1 aliphatic rings. The predicted octanol–water partition coefficient (Wildman–Crippen LogP) is 2.50. The van der Waals surface area contributed by atoms with Crippen molar-refractivity contribution in [2.45, 2.75) is 32.6 Å². The Hall–Kier alpha value is -1.65. The van der Waals surface area contributed by atoms with Gasteiger partial charge >= 0.3 is 5.97 Å². The van der Waals surface area contributed by atoms with Gasteiger partial charge < -0.3 is 10.1 Å². The van der Waals surface area contributed by atoms with E-state index in [1.54, 1.807) is 6.20 Å². The summed E-state index contributed by atoms with van der Waals surface area (Å²) in [6.07, 6.45) is 8.19. The number of hydrogen-bond donors (Lipinski definition) is 1. The largest absolute Gasteiger partial charge is 0.464 e. The SMILES string of the molecule is COC(=O)c1cncc(NCC2CCC(C)CC2)n1.